The van der Waals surface area contributed by atoms with Gasteiger partial charge in [-0.2, -0.15) is 18.2 Å². The smallest absolute Gasteiger partial charge is 0.369 e. The van der Waals surface area contributed by atoms with Crippen LogP contribution in [0.5, 0.6) is 0 Å². The minimum absolute atomic E-state index is 0.118. The number of hydrogen-bond acceptors (Lipinski definition) is 5. The summed E-state index contributed by atoms with van der Waals surface area (Å²) in [6, 6.07) is 1.90. The highest BCUT2D eigenvalue weighted by atomic mass is 32.1. The number of thiophene rings is 1. The number of halogens is 3. The van der Waals surface area contributed by atoms with Crippen LogP contribution in [0.3, 0.4) is 0 Å². The Balaban J connectivity index is 1.94. The summed E-state index contributed by atoms with van der Waals surface area (Å²) in [5, 5.41) is 8.75. The van der Waals surface area contributed by atoms with Crippen LogP contribution in [0.2, 0.25) is 0 Å². The lowest BCUT2D eigenvalue weighted by Gasteiger charge is -2.09. The standard InChI is InChI=1S/C12H15F3N4S/c1-16-11-18-9(8-4-7-20-10(8)19-11)17-6-3-2-5-12(13,14)15/h4,7H,2-3,5-6H2,1H3,(H2,16,17,18,19). The number of hydrogen-bond donors (Lipinski definition) is 2. The Kier molecular flexibility index (Phi) is 4.64. The Morgan fingerprint density at radius 2 is 2.05 bits per heavy atom. The molecule has 0 amide bonds. The second kappa shape index (κ2) is 6.25. The highest BCUT2D eigenvalue weighted by Crippen LogP contribution is 2.26. The third kappa shape index (κ3) is 3.96. The fourth-order valence-corrected chi connectivity index (χ4v) is 2.52. The van der Waals surface area contributed by atoms with Crippen molar-refractivity contribution in [3.05, 3.63) is 11.4 Å². The first kappa shape index (κ1) is 14.8. The van der Waals surface area contributed by atoms with Crippen molar-refractivity contribution in [2.24, 2.45) is 0 Å². The minimum atomic E-state index is -4.07. The predicted molar refractivity (Wildman–Crippen MR) is 75.4 cm³/mol. The summed E-state index contributed by atoms with van der Waals surface area (Å²) < 4.78 is 36.1. The van der Waals surface area contributed by atoms with Gasteiger partial charge in [0.2, 0.25) is 5.95 Å². The molecule has 0 fully saturated rings. The molecule has 0 saturated carbocycles. The molecule has 0 aliphatic rings. The van der Waals surface area contributed by atoms with Gasteiger partial charge in [-0.15, -0.1) is 11.3 Å². The zero-order chi connectivity index (χ0) is 14.6. The van der Waals surface area contributed by atoms with E-state index in [2.05, 4.69) is 20.6 Å². The molecule has 0 radical (unpaired) electrons. The summed E-state index contributed by atoms with van der Waals surface area (Å²) in [5.74, 6) is 1.16. The fraction of sp³-hybridized carbons (Fsp3) is 0.500. The zero-order valence-corrected chi connectivity index (χ0v) is 11.7. The summed E-state index contributed by atoms with van der Waals surface area (Å²) in [6.45, 7) is 0.460. The molecule has 2 heterocycles. The maximum atomic E-state index is 12.0. The van der Waals surface area contributed by atoms with Gasteiger partial charge >= 0.3 is 6.18 Å². The van der Waals surface area contributed by atoms with Crippen LogP contribution in [-0.2, 0) is 0 Å². The van der Waals surface area contributed by atoms with Gasteiger partial charge in [0.25, 0.3) is 0 Å². The minimum Gasteiger partial charge on any atom is -0.369 e. The molecule has 4 nitrogen and oxygen atoms in total. The highest BCUT2D eigenvalue weighted by Gasteiger charge is 2.25. The third-order valence-electron chi connectivity index (χ3n) is 2.73. The van der Waals surface area contributed by atoms with Crippen LogP contribution in [0.1, 0.15) is 19.3 Å². The monoisotopic (exact) mass is 304 g/mol. The van der Waals surface area contributed by atoms with Gasteiger partial charge in [0.05, 0.1) is 5.39 Å². The Morgan fingerprint density at radius 1 is 1.25 bits per heavy atom. The molecule has 0 atom stereocenters. The number of alkyl halides is 3. The molecule has 0 aliphatic heterocycles. The number of nitrogens with zero attached hydrogens (tertiary/aromatic N) is 2. The van der Waals surface area contributed by atoms with Crippen LogP contribution in [0, 0.1) is 0 Å². The van der Waals surface area contributed by atoms with Gasteiger partial charge in [0, 0.05) is 20.0 Å². The van der Waals surface area contributed by atoms with Crippen molar-refractivity contribution >= 4 is 33.3 Å². The molecule has 110 valence electrons. The average Bonchev–Trinajstić information content (AvgIpc) is 2.84. The maximum Gasteiger partial charge on any atom is 0.389 e. The van der Waals surface area contributed by atoms with E-state index >= 15 is 0 Å². The maximum absolute atomic E-state index is 12.0. The van der Waals surface area contributed by atoms with E-state index < -0.39 is 12.6 Å². The summed E-state index contributed by atoms with van der Waals surface area (Å²) >= 11 is 1.50. The molecule has 0 aromatic carbocycles. The second-order valence-corrected chi connectivity index (χ2v) is 5.18. The molecule has 2 rings (SSSR count). The van der Waals surface area contributed by atoms with E-state index in [9.17, 15) is 13.2 Å². The average molecular weight is 304 g/mol. The van der Waals surface area contributed by atoms with Crippen LogP contribution >= 0.6 is 11.3 Å². The molecular weight excluding hydrogens is 289 g/mol. The topological polar surface area (TPSA) is 49.8 Å². The van der Waals surface area contributed by atoms with Crippen molar-refractivity contribution in [3.63, 3.8) is 0 Å². The van der Waals surface area contributed by atoms with Gasteiger partial charge in [0.15, 0.2) is 0 Å². The SMILES string of the molecule is CNc1nc(NCCCCC(F)(F)F)c2ccsc2n1. The molecule has 20 heavy (non-hydrogen) atoms. The first-order valence-corrected chi connectivity index (χ1v) is 7.11. The molecule has 2 aromatic heterocycles. The molecule has 0 aliphatic carbocycles. The van der Waals surface area contributed by atoms with E-state index in [0.717, 1.165) is 10.2 Å². The largest absolute Gasteiger partial charge is 0.389 e. The normalized spacial score (nSPS) is 11.8. The van der Waals surface area contributed by atoms with Crippen molar-refractivity contribution in [2.45, 2.75) is 25.4 Å². The molecule has 2 aromatic rings. The van der Waals surface area contributed by atoms with Crippen molar-refractivity contribution in [1.82, 2.24) is 9.97 Å². The van der Waals surface area contributed by atoms with Crippen LogP contribution in [-0.4, -0.2) is 29.7 Å². The van der Waals surface area contributed by atoms with Crippen molar-refractivity contribution in [3.8, 4) is 0 Å². The lowest BCUT2D eigenvalue weighted by Crippen LogP contribution is -2.10. The number of nitrogens with one attached hydrogen (secondary N) is 2. The van der Waals surface area contributed by atoms with E-state index in [1.807, 2.05) is 11.4 Å². The number of fused-ring (bicyclic) bond motifs is 1. The summed E-state index contributed by atoms with van der Waals surface area (Å²) in [7, 11) is 1.72. The molecule has 8 heteroatoms. The first-order valence-electron chi connectivity index (χ1n) is 6.23. The fourth-order valence-electron chi connectivity index (χ4n) is 1.76. The Labute approximate surface area is 118 Å². The van der Waals surface area contributed by atoms with Gasteiger partial charge in [-0.3, -0.25) is 0 Å². The first-order chi connectivity index (χ1) is 9.49. The lowest BCUT2D eigenvalue weighted by molar-refractivity contribution is -0.135. The van der Waals surface area contributed by atoms with E-state index in [0.29, 0.717) is 24.7 Å². The third-order valence-corrected chi connectivity index (χ3v) is 3.53. The Bertz CT molecular complexity index is 567. The summed E-state index contributed by atoms with van der Waals surface area (Å²) in [6.07, 6.45) is -4.25. The zero-order valence-electron chi connectivity index (χ0n) is 10.9. The molecule has 0 bridgehead atoms. The van der Waals surface area contributed by atoms with E-state index in [-0.39, 0.29) is 6.42 Å². The predicted octanol–water partition coefficient (Wildman–Crippen LogP) is 3.88. The van der Waals surface area contributed by atoms with Gasteiger partial charge in [0.1, 0.15) is 10.6 Å². The number of rotatable bonds is 6. The Morgan fingerprint density at radius 3 is 2.75 bits per heavy atom. The number of anilines is 2. The van der Waals surface area contributed by atoms with Crippen LogP contribution < -0.4 is 10.6 Å². The van der Waals surface area contributed by atoms with Crippen LogP contribution in [0.4, 0.5) is 24.9 Å². The van der Waals surface area contributed by atoms with E-state index in [1.165, 1.54) is 11.3 Å². The van der Waals surface area contributed by atoms with Crippen molar-refractivity contribution < 1.29 is 13.2 Å². The van der Waals surface area contributed by atoms with Gasteiger partial charge in [-0.25, -0.2) is 4.98 Å². The Hall–Kier alpha value is -1.57. The highest BCUT2D eigenvalue weighted by molar-refractivity contribution is 7.16. The van der Waals surface area contributed by atoms with Gasteiger partial charge in [-0.05, 0) is 24.3 Å². The van der Waals surface area contributed by atoms with E-state index in [4.69, 9.17) is 0 Å². The molecular formula is C12H15F3N4S. The van der Waals surface area contributed by atoms with Crippen molar-refractivity contribution in [1.29, 1.82) is 0 Å². The number of aromatic nitrogens is 2. The van der Waals surface area contributed by atoms with Gasteiger partial charge < -0.3 is 10.6 Å². The lowest BCUT2D eigenvalue weighted by atomic mass is 10.2. The van der Waals surface area contributed by atoms with Gasteiger partial charge in [-0.1, -0.05) is 0 Å². The van der Waals surface area contributed by atoms with Crippen LogP contribution in [0.25, 0.3) is 10.2 Å². The molecule has 0 spiro atoms. The quantitative estimate of drug-likeness (QED) is 0.795. The summed E-state index contributed by atoms with van der Waals surface area (Å²) in [4.78, 5) is 9.44. The number of unbranched alkanes of at least 4 members (excludes halogenated alkanes) is 1. The summed E-state index contributed by atoms with van der Waals surface area (Å²) in [5.41, 5.74) is 0. The van der Waals surface area contributed by atoms with Crippen LogP contribution in [0.15, 0.2) is 11.4 Å². The second-order valence-electron chi connectivity index (χ2n) is 4.28. The molecule has 0 unspecified atom stereocenters. The molecule has 2 N–H and O–H groups in total. The molecule has 0 saturated heterocycles. The van der Waals surface area contributed by atoms with E-state index in [1.54, 1.807) is 7.05 Å². The van der Waals surface area contributed by atoms with Crippen molar-refractivity contribution in [2.75, 3.05) is 24.2 Å².